The molecular weight excluding hydrogens is 621 g/mol. The Morgan fingerprint density at radius 3 is 1.03 bits per heavy atom. The molecule has 0 aliphatic rings. The van der Waals surface area contributed by atoms with Crippen LogP contribution in [0.3, 0.4) is 0 Å². The number of anilines is 2. The SMILES string of the molecule is CC(C)c1cccc(C(C)C)c1NCCCNCCCNc1c(C(C)C)cccc1C(C)C.[Br-].[Br-].[Co+2]. The molecule has 0 aliphatic heterocycles. The predicted octanol–water partition coefficient (Wildman–Crippen LogP) is 2.08. The van der Waals surface area contributed by atoms with E-state index in [-0.39, 0.29) is 50.7 Å². The van der Waals surface area contributed by atoms with Gasteiger partial charge in [0.2, 0.25) is 0 Å². The van der Waals surface area contributed by atoms with Crippen molar-refractivity contribution < 1.29 is 50.7 Å². The largest absolute Gasteiger partial charge is 2.00 e. The van der Waals surface area contributed by atoms with Gasteiger partial charge in [0.25, 0.3) is 0 Å². The van der Waals surface area contributed by atoms with Gasteiger partial charge in [0.15, 0.2) is 0 Å². The smallest absolute Gasteiger partial charge is 1.00 e. The zero-order valence-corrected chi connectivity index (χ0v) is 27.8. The third-order valence-corrected chi connectivity index (χ3v) is 6.41. The van der Waals surface area contributed by atoms with E-state index in [1.165, 1.54) is 33.6 Å². The van der Waals surface area contributed by atoms with Gasteiger partial charge in [-0.3, -0.25) is 0 Å². The van der Waals surface area contributed by atoms with Gasteiger partial charge in [-0.15, -0.1) is 0 Å². The topological polar surface area (TPSA) is 36.1 Å². The fourth-order valence-electron chi connectivity index (χ4n) is 4.49. The van der Waals surface area contributed by atoms with E-state index in [0.717, 1.165) is 39.0 Å². The first-order chi connectivity index (χ1) is 15.7. The molecule has 0 bridgehead atoms. The van der Waals surface area contributed by atoms with E-state index in [1.54, 1.807) is 0 Å². The van der Waals surface area contributed by atoms with E-state index in [0.29, 0.717) is 23.7 Å². The summed E-state index contributed by atoms with van der Waals surface area (Å²) >= 11 is 0. The minimum Gasteiger partial charge on any atom is -1.00 e. The molecule has 2 rings (SSSR count). The Hall–Kier alpha value is -0.534. The van der Waals surface area contributed by atoms with Gasteiger partial charge in [-0.05, 0) is 71.9 Å². The monoisotopic (exact) mass is 668 g/mol. The first-order valence-corrected chi connectivity index (χ1v) is 13.2. The van der Waals surface area contributed by atoms with Crippen molar-refractivity contribution in [2.45, 2.75) is 91.9 Å². The second-order valence-electron chi connectivity index (χ2n) is 10.6. The van der Waals surface area contributed by atoms with Crippen LogP contribution in [-0.2, 0) is 16.8 Å². The summed E-state index contributed by atoms with van der Waals surface area (Å²) in [6, 6.07) is 13.5. The molecule has 0 unspecified atom stereocenters. The summed E-state index contributed by atoms with van der Waals surface area (Å²) < 4.78 is 0. The standard InChI is InChI=1S/C30H49N3.2BrH.Co/c1-21(2)25-13-9-14-26(22(3)4)29(25)32-19-11-17-31-18-12-20-33-30-27(23(5)6)15-10-16-28(30)24(7)8;;;/h9-10,13-16,21-24,31-33H,11-12,17-20H2,1-8H3;2*1H;/q;;;+2/p-2. The van der Waals surface area contributed by atoms with E-state index < -0.39 is 0 Å². The van der Waals surface area contributed by atoms with Crippen molar-refractivity contribution in [3.63, 3.8) is 0 Å². The molecule has 6 heteroatoms. The van der Waals surface area contributed by atoms with Crippen molar-refractivity contribution in [3.8, 4) is 0 Å². The van der Waals surface area contributed by atoms with Crippen molar-refractivity contribution in [1.82, 2.24) is 5.32 Å². The predicted molar refractivity (Wildman–Crippen MR) is 148 cm³/mol. The molecule has 36 heavy (non-hydrogen) atoms. The molecule has 0 heterocycles. The molecular formula is C30H49Br2CoN3. The third kappa shape index (κ3) is 11.5. The van der Waals surface area contributed by atoms with E-state index in [4.69, 9.17) is 0 Å². The third-order valence-electron chi connectivity index (χ3n) is 6.41. The molecule has 0 atom stereocenters. The summed E-state index contributed by atoms with van der Waals surface area (Å²) in [4.78, 5) is 0. The molecule has 2 aromatic carbocycles. The van der Waals surface area contributed by atoms with E-state index >= 15 is 0 Å². The number of hydrogen-bond acceptors (Lipinski definition) is 3. The number of hydrogen-bond donors (Lipinski definition) is 3. The molecule has 0 saturated heterocycles. The second-order valence-corrected chi connectivity index (χ2v) is 10.6. The van der Waals surface area contributed by atoms with Crippen LogP contribution in [-0.4, -0.2) is 26.2 Å². The fourth-order valence-corrected chi connectivity index (χ4v) is 4.49. The Kier molecular flexibility index (Phi) is 20.4. The maximum Gasteiger partial charge on any atom is 2.00 e. The fraction of sp³-hybridized carbons (Fsp3) is 0.600. The van der Waals surface area contributed by atoms with Crippen molar-refractivity contribution in [3.05, 3.63) is 58.7 Å². The normalized spacial score (nSPS) is 10.8. The minimum absolute atomic E-state index is 0. The molecule has 2 aromatic rings. The quantitative estimate of drug-likeness (QED) is 0.270. The van der Waals surface area contributed by atoms with Crippen molar-refractivity contribution in [2.75, 3.05) is 36.8 Å². The van der Waals surface area contributed by atoms with E-state index in [1.807, 2.05) is 0 Å². The molecule has 0 spiro atoms. The Labute approximate surface area is 253 Å². The maximum absolute atomic E-state index is 3.75. The Bertz CT molecular complexity index is 732. The molecule has 3 N–H and O–H groups in total. The van der Waals surface area contributed by atoms with E-state index in [9.17, 15) is 0 Å². The Morgan fingerprint density at radius 2 is 0.778 bits per heavy atom. The van der Waals surface area contributed by atoms with Crippen molar-refractivity contribution in [1.29, 1.82) is 0 Å². The van der Waals surface area contributed by atoms with Gasteiger partial charge in [-0.25, -0.2) is 0 Å². The molecule has 1 radical (unpaired) electrons. The Morgan fingerprint density at radius 1 is 0.500 bits per heavy atom. The average Bonchev–Trinajstić information content (AvgIpc) is 2.77. The average molecular weight is 670 g/mol. The van der Waals surface area contributed by atoms with Crippen LogP contribution in [0.4, 0.5) is 11.4 Å². The maximum atomic E-state index is 3.75. The zero-order valence-electron chi connectivity index (χ0n) is 23.6. The number of benzene rings is 2. The summed E-state index contributed by atoms with van der Waals surface area (Å²) in [5.41, 5.74) is 8.45. The van der Waals surface area contributed by atoms with Gasteiger partial charge in [0, 0.05) is 24.5 Å². The van der Waals surface area contributed by atoms with Crippen LogP contribution in [0.25, 0.3) is 0 Å². The summed E-state index contributed by atoms with van der Waals surface area (Å²) in [6.07, 6.45) is 2.26. The molecule has 0 fully saturated rings. The van der Waals surface area contributed by atoms with Gasteiger partial charge < -0.3 is 49.9 Å². The van der Waals surface area contributed by atoms with Gasteiger partial charge >= 0.3 is 16.8 Å². The molecule has 0 aromatic heterocycles. The molecule has 3 nitrogen and oxygen atoms in total. The number of rotatable bonds is 14. The van der Waals surface area contributed by atoms with Crippen molar-refractivity contribution in [2.24, 2.45) is 0 Å². The molecule has 0 amide bonds. The van der Waals surface area contributed by atoms with Crippen molar-refractivity contribution >= 4 is 11.4 Å². The van der Waals surface area contributed by atoms with Gasteiger partial charge in [-0.1, -0.05) is 91.8 Å². The zero-order chi connectivity index (χ0) is 24.4. The summed E-state index contributed by atoms with van der Waals surface area (Å²) in [6.45, 7) is 22.4. The second kappa shape index (κ2) is 19.5. The molecule has 207 valence electrons. The first-order valence-electron chi connectivity index (χ1n) is 13.2. The summed E-state index contributed by atoms with van der Waals surface area (Å²) in [5, 5.41) is 11.1. The number of nitrogens with one attached hydrogen (secondary N) is 3. The van der Waals surface area contributed by atoms with Crippen LogP contribution in [0, 0.1) is 0 Å². The summed E-state index contributed by atoms with van der Waals surface area (Å²) in [7, 11) is 0. The van der Waals surface area contributed by atoms with E-state index in [2.05, 4.69) is 108 Å². The first kappa shape index (κ1) is 37.6. The van der Waals surface area contributed by atoms with Gasteiger partial charge in [0.1, 0.15) is 0 Å². The van der Waals surface area contributed by atoms with Gasteiger partial charge in [-0.2, -0.15) is 0 Å². The van der Waals surface area contributed by atoms with Gasteiger partial charge in [0.05, 0.1) is 0 Å². The van der Waals surface area contributed by atoms with Crippen LogP contribution >= 0.6 is 0 Å². The van der Waals surface area contributed by atoms with Crippen LogP contribution in [0.15, 0.2) is 36.4 Å². The molecule has 0 saturated carbocycles. The minimum atomic E-state index is 0. The number of halogens is 2. The number of para-hydroxylation sites is 2. The summed E-state index contributed by atoms with van der Waals surface area (Å²) in [5.74, 6) is 2.14. The Balaban J connectivity index is 0. The van der Waals surface area contributed by atoms with Crippen LogP contribution < -0.4 is 49.9 Å². The van der Waals surface area contributed by atoms with Crippen LogP contribution in [0.1, 0.15) is 114 Å². The van der Waals surface area contributed by atoms with Crippen LogP contribution in [0.2, 0.25) is 0 Å². The molecule has 0 aliphatic carbocycles. The van der Waals surface area contributed by atoms with Crippen LogP contribution in [0.5, 0.6) is 0 Å².